The average molecular weight is 269 g/mol. The summed E-state index contributed by atoms with van der Waals surface area (Å²) in [5.41, 5.74) is 12.4. The molecule has 0 spiro atoms. The number of hydrogen-bond donors (Lipinski definition) is 4. The van der Waals surface area contributed by atoms with E-state index < -0.39 is 5.91 Å². The van der Waals surface area contributed by atoms with Crippen molar-refractivity contribution in [1.82, 2.24) is 4.98 Å². The molecule has 2 heterocycles. The van der Waals surface area contributed by atoms with Gasteiger partial charge in [0.1, 0.15) is 11.6 Å². The highest BCUT2D eigenvalue weighted by atomic mass is 16.2. The Morgan fingerprint density at radius 2 is 1.80 bits per heavy atom. The summed E-state index contributed by atoms with van der Waals surface area (Å²) in [7, 11) is 0. The number of pyridine rings is 1. The maximum atomic E-state index is 12.2. The van der Waals surface area contributed by atoms with Gasteiger partial charge in [0.2, 0.25) is 0 Å². The number of amides is 2. The average Bonchev–Trinajstić information content (AvgIpc) is 2.53. The minimum Gasteiger partial charge on any atom is -0.383 e. The van der Waals surface area contributed by atoms with Gasteiger partial charge < -0.3 is 22.1 Å². The van der Waals surface area contributed by atoms with E-state index in [9.17, 15) is 9.59 Å². The first-order valence-corrected chi connectivity index (χ1v) is 5.84. The van der Waals surface area contributed by atoms with Crippen molar-refractivity contribution in [2.75, 3.05) is 16.4 Å². The molecule has 1 aromatic carbocycles. The lowest BCUT2D eigenvalue weighted by Crippen LogP contribution is -2.18. The summed E-state index contributed by atoms with van der Waals surface area (Å²) in [4.78, 5) is 27.5. The number of primary amides is 1. The third-order valence-electron chi connectivity index (χ3n) is 2.99. The number of fused-ring (bicyclic) bond motifs is 2. The summed E-state index contributed by atoms with van der Waals surface area (Å²) in [6, 6.07) is 8.51. The first-order chi connectivity index (χ1) is 9.56. The highest BCUT2D eigenvalue weighted by Crippen LogP contribution is 2.31. The lowest BCUT2D eigenvalue weighted by atomic mass is 10.1. The summed E-state index contributed by atoms with van der Waals surface area (Å²) in [5.74, 6) is -0.842. The fourth-order valence-electron chi connectivity index (χ4n) is 2.01. The number of benzene rings is 1. The molecule has 1 aliphatic heterocycles. The number of nitrogen functional groups attached to an aromatic ring is 1. The van der Waals surface area contributed by atoms with Crippen LogP contribution in [0.15, 0.2) is 30.3 Å². The van der Waals surface area contributed by atoms with Crippen molar-refractivity contribution in [2.24, 2.45) is 5.73 Å². The number of aromatic nitrogens is 1. The predicted octanol–water partition coefficient (Wildman–Crippen LogP) is 1.07. The van der Waals surface area contributed by atoms with Crippen molar-refractivity contribution < 1.29 is 9.59 Å². The molecule has 3 rings (SSSR count). The second kappa shape index (κ2) is 4.23. The Hall–Kier alpha value is -3.09. The monoisotopic (exact) mass is 269 g/mol. The molecule has 0 fully saturated rings. The highest BCUT2D eigenvalue weighted by molar-refractivity contribution is 6.13. The fraction of sp³-hybridized carbons (Fsp3) is 0. The molecule has 6 N–H and O–H groups in total. The van der Waals surface area contributed by atoms with E-state index in [1.165, 1.54) is 6.07 Å². The minimum atomic E-state index is -0.729. The predicted molar refractivity (Wildman–Crippen MR) is 74.8 cm³/mol. The second-order valence-electron chi connectivity index (χ2n) is 4.31. The van der Waals surface area contributed by atoms with Crippen LogP contribution in [0.2, 0.25) is 0 Å². The molecule has 0 radical (unpaired) electrons. The summed E-state index contributed by atoms with van der Waals surface area (Å²) in [5, 5.41) is 5.74. The maximum Gasteiger partial charge on any atom is 0.259 e. The maximum absolute atomic E-state index is 12.2. The summed E-state index contributed by atoms with van der Waals surface area (Å²) in [6.45, 7) is 0. The van der Waals surface area contributed by atoms with Crippen molar-refractivity contribution in [3.8, 4) is 0 Å². The smallest absolute Gasteiger partial charge is 0.259 e. The molecule has 0 aliphatic carbocycles. The molecule has 7 nitrogen and oxygen atoms in total. The molecule has 0 saturated heterocycles. The molecule has 2 amide bonds. The van der Waals surface area contributed by atoms with E-state index in [0.717, 1.165) is 0 Å². The number of carbonyl (C=O) groups is 2. The van der Waals surface area contributed by atoms with Crippen LogP contribution in [-0.2, 0) is 0 Å². The molecule has 0 unspecified atom stereocenters. The van der Waals surface area contributed by atoms with Crippen molar-refractivity contribution in [3.63, 3.8) is 0 Å². The van der Waals surface area contributed by atoms with Gasteiger partial charge in [-0.25, -0.2) is 4.98 Å². The van der Waals surface area contributed by atoms with E-state index in [2.05, 4.69) is 15.6 Å². The van der Waals surface area contributed by atoms with Crippen molar-refractivity contribution >= 4 is 34.8 Å². The van der Waals surface area contributed by atoms with Crippen LogP contribution < -0.4 is 22.1 Å². The van der Waals surface area contributed by atoms with Gasteiger partial charge >= 0.3 is 0 Å². The summed E-state index contributed by atoms with van der Waals surface area (Å²) < 4.78 is 0. The van der Waals surface area contributed by atoms with E-state index in [0.29, 0.717) is 11.4 Å². The van der Waals surface area contributed by atoms with Crippen LogP contribution in [-0.4, -0.2) is 16.8 Å². The Balaban J connectivity index is 2.18. The number of nitrogens with one attached hydrogen (secondary N) is 2. The summed E-state index contributed by atoms with van der Waals surface area (Å²) >= 11 is 0. The van der Waals surface area contributed by atoms with Gasteiger partial charge in [0.05, 0.1) is 22.5 Å². The Morgan fingerprint density at radius 1 is 1.15 bits per heavy atom. The zero-order chi connectivity index (χ0) is 14.3. The SMILES string of the molecule is NC(=O)c1cc2c(nc1N)Nc1ccccc1NC2=O. The third kappa shape index (κ3) is 1.81. The first kappa shape index (κ1) is 12.0. The Bertz CT molecular complexity index is 742. The number of rotatable bonds is 1. The van der Waals surface area contributed by atoms with E-state index in [-0.39, 0.29) is 28.7 Å². The Labute approximate surface area is 114 Å². The van der Waals surface area contributed by atoms with Gasteiger partial charge in [-0.2, -0.15) is 0 Å². The molecule has 100 valence electrons. The van der Waals surface area contributed by atoms with Gasteiger partial charge in [-0.1, -0.05) is 12.1 Å². The van der Waals surface area contributed by atoms with Crippen molar-refractivity contribution in [1.29, 1.82) is 0 Å². The summed E-state index contributed by atoms with van der Waals surface area (Å²) in [6.07, 6.45) is 0. The molecule has 0 bridgehead atoms. The van der Waals surface area contributed by atoms with Crippen LogP contribution in [0.25, 0.3) is 0 Å². The number of carbonyl (C=O) groups excluding carboxylic acids is 2. The highest BCUT2D eigenvalue weighted by Gasteiger charge is 2.22. The molecule has 0 atom stereocenters. The fourth-order valence-corrected chi connectivity index (χ4v) is 2.01. The van der Waals surface area contributed by atoms with Gasteiger partial charge in [-0.15, -0.1) is 0 Å². The number of hydrogen-bond acceptors (Lipinski definition) is 5. The van der Waals surface area contributed by atoms with Gasteiger partial charge in [0, 0.05) is 0 Å². The minimum absolute atomic E-state index is 0.0177. The third-order valence-corrected chi connectivity index (χ3v) is 2.99. The van der Waals surface area contributed by atoms with Crippen LogP contribution in [0.3, 0.4) is 0 Å². The quantitative estimate of drug-likeness (QED) is 0.616. The topological polar surface area (TPSA) is 123 Å². The molecule has 0 saturated carbocycles. The van der Waals surface area contributed by atoms with Gasteiger partial charge in [0.15, 0.2) is 0 Å². The standard InChI is InChI=1S/C13H11N5O2/c14-10-6(11(15)19)5-7-12(18-10)16-8-3-1-2-4-9(8)17-13(7)20/h1-5H,(H2,15,19)(H,17,20)(H3,14,16,18). The van der Waals surface area contributed by atoms with E-state index >= 15 is 0 Å². The first-order valence-electron chi connectivity index (χ1n) is 5.84. The zero-order valence-electron chi connectivity index (χ0n) is 10.3. The molecular formula is C13H11N5O2. The van der Waals surface area contributed by atoms with Crippen LogP contribution >= 0.6 is 0 Å². The lowest BCUT2D eigenvalue weighted by Gasteiger charge is -2.09. The van der Waals surface area contributed by atoms with Crippen molar-refractivity contribution in [2.45, 2.75) is 0 Å². The molecular weight excluding hydrogens is 258 g/mol. The molecule has 7 heteroatoms. The van der Waals surface area contributed by atoms with E-state index in [1.54, 1.807) is 18.2 Å². The van der Waals surface area contributed by atoms with Gasteiger partial charge in [-0.05, 0) is 18.2 Å². The lowest BCUT2D eigenvalue weighted by molar-refractivity contribution is 0.100. The molecule has 2 aromatic rings. The Morgan fingerprint density at radius 3 is 2.45 bits per heavy atom. The number of para-hydroxylation sites is 2. The largest absolute Gasteiger partial charge is 0.383 e. The van der Waals surface area contributed by atoms with E-state index in [4.69, 9.17) is 11.5 Å². The normalized spacial score (nSPS) is 12.5. The molecule has 1 aliphatic rings. The molecule has 1 aromatic heterocycles. The van der Waals surface area contributed by atoms with Crippen LogP contribution in [0.5, 0.6) is 0 Å². The van der Waals surface area contributed by atoms with Gasteiger partial charge in [-0.3, -0.25) is 9.59 Å². The van der Waals surface area contributed by atoms with Crippen LogP contribution in [0.1, 0.15) is 20.7 Å². The van der Waals surface area contributed by atoms with Crippen LogP contribution in [0.4, 0.5) is 23.0 Å². The number of anilines is 4. The van der Waals surface area contributed by atoms with Gasteiger partial charge in [0.25, 0.3) is 11.8 Å². The van der Waals surface area contributed by atoms with E-state index in [1.807, 2.05) is 6.07 Å². The molecule has 20 heavy (non-hydrogen) atoms. The van der Waals surface area contributed by atoms with Crippen molar-refractivity contribution in [3.05, 3.63) is 41.5 Å². The van der Waals surface area contributed by atoms with Crippen LogP contribution in [0, 0.1) is 0 Å². The number of nitrogens with two attached hydrogens (primary N) is 2. The number of nitrogens with zero attached hydrogens (tertiary/aromatic N) is 1. The Kier molecular flexibility index (Phi) is 2.53. The zero-order valence-corrected chi connectivity index (χ0v) is 10.3. The second-order valence-corrected chi connectivity index (χ2v) is 4.31.